The second kappa shape index (κ2) is 10.2. The Kier molecular flexibility index (Phi) is 7.13. The maximum absolute atomic E-state index is 12.3. The van der Waals surface area contributed by atoms with E-state index in [-0.39, 0.29) is 36.4 Å². The van der Waals surface area contributed by atoms with Gasteiger partial charge < -0.3 is 31.1 Å². The fourth-order valence-corrected chi connectivity index (χ4v) is 2.86. The van der Waals surface area contributed by atoms with E-state index < -0.39 is 29.4 Å². The zero-order valence-electron chi connectivity index (χ0n) is 17.5. The molecule has 0 aliphatic rings. The molecule has 0 spiro atoms. The topological polar surface area (TPSA) is 199 Å². The lowest BCUT2D eigenvalue weighted by Crippen LogP contribution is -2.41. The molecule has 1 amide bonds. The van der Waals surface area contributed by atoms with Crippen LogP contribution < -0.4 is 21.5 Å². The van der Waals surface area contributed by atoms with Crippen molar-refractivity contribution in [3.63, 3.8) is 0 Å². The molecule has 0 unspecified atom stereocenters. The van der Waals surface area contributed by atoms with Gasteiger partial charge in [-0.2, -0.15) is 4.98 Å². The molecular formula is C20H21N7O6. The average molecular weight is 455 g/mol. The third-order valence-corrected chi connectivity index (χ3v) is 4.58. The summed E-state index contributed by atoms with van der Waals surface area (Å²) in [5.74, 6) is -2.80. The second-order valence-corrected chi connectivity index (χ2v) is 6.93. The fourth-order valence-electron chi connectivity index (χ4n) is 2.86. The highest BCUT2D eigenvalue weighted by atomic mass is 16.4. The SMILES string of the molecule is CNc1nc(=O)c2nc(CNc3ccc(C(=O)N[C@H](CCC(=O)O)C(=O)O)cc3)cnc2[nH]1. The van der Waals surface area contributed by atoms with E-state index in [2.05, 4.69) is 35.9 Å². The van der Waals surface area contributed by atoms with Crippen LogP contribution in [0.5, 0.6) is 0 Å². The average Bonchev–Trinajstić information content (AvgIpc) is 2.80. The third kappa shape index (κ3) is 6.00. The maximum Gasteiger partial charge on any atom is 0.326 e. The molecule has 13 nitrogen and oxygen atoms in total. The number of aromatic amines is 1. The van der Waals surface area contributed by atoms with Gasteiger partial charge in [0.1, 0.15) is 6.04 Å². The molecule has 0 aliphatic heterocycles. The number of rotatable bonds is 10. The van der Waals surface area contributed by atoms with E-state index in [0.717, 1.165) is 0 Å². The van der Waals surface area contributed by atoms with Gasteiger partial charge in [-0.25, -0.2) is 14.8 Å². The fraction of sp³-hybridized carbons (Fsp3) is 0.250. The van der Waals surface area contributed by atoms with Gasteiger partial charge >= 0.3 is 17.5 Å². The number of amides is 1. The van der Waals surface area contributed by atoms with Crippen LogP contribution in [0.15, 0.2) is 35.3 Å². The first kappa shape index (κ1) is 23.1. The number of carboxylic acids is 2. The number of carbonyl (C=O) groups excluding carboxylic acids is 1. The highest BCUT2D eigenvalue weighted by molar-refractivity contribution is 5.96. The van der Waals surface area contributed by atoms with E-state index in [1.807, 2.05) is 0 Å². The number of H-pyrrole nitrogens is 1. The van der Waals surface area contributed by atoms with E-state index in [9.17, 15) is 19.2 Å². The maximum atomic E-state index is 12.3. The Bertz CT molecular complexity index is 1240. The number of carboxylic acid groups (broad SMARTS) is 2. The molecular weight excluding hydrogens is 434 g/mol. The van der Waals surface area contributed by atoms with E-state index in [0.29, 0.717) is 17.0 Å². The van der Waals surface area contributed by atoms with Gasteiger partial charge in [0.25, 0.3) is 5.91 Å². The number of hydrogen-bond acceptors (Lipinski definition) is 9. The van der Waals surface area contributed by atoms with Gasteiger partial charge in [-0.1, -0.05) is 0 Å². The molecule has 2 aromatic heterocycles. The number of hydrogen-bond donors (Lipinski definition) is 6. The molecule has 13 heteroatoms. The minimum Gasteiger partial charge on any atom is -0.481 e. The number of benzene rings is 1. The van der Waals surface area contributed by atoms with Crippen LogP contribution in [0.2, 0.25) is 0 Å². The highest BCUT2D eigenvalue weighted by Crippen LogP contribution is 2.12. The molecule has 172 valence electrons. The van der Waals surface area contributed by atoms with Crippen molar-refractivity contribution in [2.75, 3.05) is 17.7 Å². The predicted molar refractivity (Wildman–Crippen MR) is 117 cm³/mol. The number of fused-ring (bicyclic) bond motifs is 1. The molecule has 2 heterocycles. The van der Waals surface area contributed by atoms with Crippen LogP contribution in [-0.4, -0.2) is 61.1 Å². The van der Waals surface area contributed by atoms with Crippen molar-refractivity contribution in [1.29, 1.82) is 0 Å². The Labute approximate surface area is 186 Å². The summed E-state index contributed by atoms with van der Waals surface area (Å²) in [5.41, 5.74) is 1.26. The smallest absolute Gasteiger partial charge is 0.326 e. The number of nitrogens with one attached hydrogen (secondary N) is 4. The summed E-state index contributed by atoms with van der Waals surface area (Å²) in [6, 6.07) is 4.91. The molecule has 0 fully saturated rings. The Balaban J connectivity index is 1.63. The molecule has 33 heavy (non-hydrogen) atoms. The zero-order chi connectivity index (χ0) is 24.0. The Morgan fingerprint density at radius 2 is 1.85 bits per heavy atom. The highest BCUT2D eigenvalue weighted by Gasteiger charge is 2.21. The van der Waals surface area contributed by atoms with Gasteiger partial charge in [-0.15, -0.1) is 0 Å². The first-order valence-electron chi connectivity index (χ1n) is 9.80. The van der Waals surface area contributed by atoms with E-state index in [1.54, 1.807) is 19.2 Å². The van der Waals surface area contributed by atoms with E-state index >= 15 is 0 Å². The number of nitrogens with zero attached hydrogens (tertiary/aromatic N) is 3. The van der Waals surface area contributed by atoms with Crippen LogP contribution >= 0.6 is 0 Å². The Hall–Kier alpha value is -4.55. The third-order valence-electron chi connectivity index (χ3n) is 4.58. The lowest BCUT2D eigenvalue weighted by Gasteiger charge is -2.14. The van der Waals surface area contributed by atoms with Crippen molar-refractivity contribution in [2.45, 2.75) is 25.4 Å². The van der Waals surface area contributed by atoms with Crippen molar-refractivity contribution >= 4 is 40.6 Å². The van der Waals surface area contributed by atoms with E-state index in [1.165, 1.54) is 18.3 Å². The molecule has 0 saturated carbocycles. The number of aromatic nitrogens is 4. The summed E-state index contributed by atoms with van der Waals surface area (Å²) in [6.45, 7) is 0.248. The molecule has 1 atom stereocenters. The van der Waals surface area contributed by atoms with Crippen LogP contribution in [0.1, 0.15) is 28.9 Å². The lowest BCUT2D eigenvalue weighted by atomic mass is 10.1. The van der Waals surface area contributed by atoms with E-state index in [4.69, 9.17) is 10.2 Å². The van der Waals surface area contributed by atoms with Crippen LogP contribution in [0.25, 0.3) is 11.2 Å². The molecule has 3 rings (SSSR count). The first-order valence-corrected chi connectivity index (χ1v) is 9.80. The molecule has 6 N–H and O–H groups in total. The molecule has 0 aliphatic carbocycles. The summed E-state index contributed by atoms with van der Waals surface area (Å²) in [7, 11) is 1.62. The summed E-state index contributed by atoms with van der Waals surface area (Å²) in [6.07, 6.45) is 0.906. The molecule has 0 saturated heterocycles. The zero-order valence-corrected chi connectivity index (χ0v) is 17.5. The van der Waals surface area contributed by atoms with Crippen molar-refractivity contribution < 1.29 is 24.6 Å². The minimum absolute atomic E-state index is 0.108. The monoisotopic (exact) mass is 455 g/mol. The van der Waals surface area contributed by atoms with Crippen LogP contribution in [0.3, 0.4) is 0 Å². The van der Waals surface area contributed by atoms with Gasteiger partial charge in [-0.05, 0) is 30.7 Å². The van der Waals surface area contributed by atoms with Gasteiger partial charge in [0.2, 0.25) is 5.95 Å². The standard InChI is InChI=1S/C20H21N7O6/c1-21-20-26-16-15(18(31)27-20)24-12(9-23-16)8-22-11-4-2-10(3-5-11)17(30)25-13(19(32)33)6-7-14(28)29/h2-5,9,13,22H,6-8H2,1H3,(H,25,30)(H,28,29)(H,32,33)(H2,21,23,26,27,31)/t13-/m1/s1. The molecule has 0 bridgehead atoms. The normalized spacial score (nSPS) is 11.5. The Morgan fingerprint density at radius 1 is 1.12 bits per heavy atom. The van der Waals surface area contributed by atoms with Crippen LogP contribution in [0.4, 0.5) is 11.6 Å². The van der Waals surface area contributed by atoms with Crippen LogP contribution in [-0.2, 0) is 16.1 Å². The quantitative estimate of drug-likeness (QED) is 0.247. The van der Waals surface area contributed by atoms with Crippen molar-refractivity contribution in [1.82, 2.24) is 25.3 Å². The van der Waals surface area contributed by atoms with Crippen molar-refractivity contribution in [3.8, 4) is 0 Å². The summed E-state index contributed by atoms with van der Waals surface area (Å²) < 4.78 is 0. The first-order chi connectivity index (χ1) is 15.8. The number of anilines is 2. The number of carbonyl (C=O) groups is 3. The molecule has 3 aromatic rings. The molecule has 0 radical (unpaired) electrons. The van der Waals surface area contributed by atoms with Gasteiger partial charge in [0.15, 0.2) is 11.2 Å². The van der Waals surface area contributed by atoms with Gasteiger partial charge in [0.05, 0.1) is 18.4 Å². The minimum atomic E-state index is -1.31. The van der Waals surface area contributed by atoms with Gasteiger partial charge in [0, 0.05) is 24.7 Å². The summed E-state index contributed by atoms with van der Waals surface area (Å²) in [5, 5.41) is 26.0. The second-order valence-electron chi connectivity index (χ2n) is 6.93. The summed E-state index contributed by atoms with van der Waals surface area (Å²) in [4.78, 5) is 61.4. The van der Waals surface area contributed by atoms with Crippen molar-refractivity contribution in [2.24, 2.45) is 0 Å². The molecule has 1 aromatic carbocycles. The van der Waals surface area contributed by atoms with Crippen molar-refractivity contribution in [3.05, 3.63) is 52.1 Å². The Morgan fingerprint density at radius 3 is 2.48 bits per heavy atom. The predicted octanol–water partition coefficient (Wildman–Crippen LogP) is 0.415. The lowest BCUT2D eigenvalue weighted by molar-refractivity contribution is -0.140. The van der Waals surface area contributed by atoms with Gasteiger partial charge in [-0.3, -0.25) is 14.4 Å². The largest absolute Gasteiger partial charge is 0.481 e. The summed E-state index contributed by atoms with van der Waals surface area (Å²) >= 11 is 0. The van der Waals surface area contributed by atoms with Crippen LogP contribution in [0, 0.1) is 0 Å². The number of aliphatic carboxylic acids is 2.